The summed E-state index contributed by atoms with van der Waals surface area (Å²) in [5.41, 5.74) is 0. The first-order valence-corrected chi connectivity index (χ1v) is 5.25. The van der Waals surface area contributed by atoms with Crippen molar-refractivity contribution in [2.45, 2.75) is 0 Å². The van der Waals surface area contributed by atoms with Crippen LogP contribution in [0.2, 0.25) is 0 Å². The van der Waals surface area contributed by atoms with Gasteiger partial charge in [0.25, 0.3) is 0 Å². The second-order valence-corrected chi connectivity index (χ2v) is 3.44. The Bertz CT molecular complexity index is 60.2. The standard InChI is InChI=1S/AsH3.Na.3H2O.O.2Sb.4H/h1H3;;3*1H2;;;;;;;/q;;;;;;;+3;;;;/p-3. The van der Waals surface area contributed by atoms with E-state index >= 15 is 0 Å². The summed E-state index contributed by atoms with van der Waals surface area (Å²) in [4.78, 5) is 0. The molecule has 0 bridgehead atoms. The summed E-state index contributed by atoms with van der Waals surface area (Å²) in [5.74, 6) is 0. The number of rotatable bonds is 0. The van der Waals surface area contributed by atoms with Crippen LogP contribution in [-0.2, 0) is 3.02 Å². The molecule has 0 aliphatic carbocycles. The third kappa shape index (κ3) is 66.6. The Morgan fingerprint density at radius 2 is 1.12 bits per heavy atom. The van der Waals surface area contributed by atoms with Crippen LogP contribution in [0.25, 0.3) is 0 Å². The van der Waals surface area contributed by atoms with Crippen LogP contribution in [0.5, 0.6) is 0 Å². The zero-order valence-electron chi connectivity index (χ0n) is 3.61. The third-order valence-electron chi connectivity index (χ3n) is 0. The van der Waals surface area contributed by atoms with Gasteiger partial charge in [0.05, 0.1) is 0 Å². The Kier molecular flexibility index (Phi) is 27.7. The molecule has 0 aliphatic heterocycles. The van der Waals surface area contributed by atoms with Gasteiger partial charge in [-0.3, -0.25) is 0 Å². The maximum absolute atomic E-state index is 8.97. The van der Waals surface area contributed by atoms with E-state index in [1.165, 1.54) is 0 Å². The summed E-state index contributed by atoms with van der Waals surface area (Å²) in [6.07, 6.45) is 0. The monoisotopic (exact) mass is 414 g/mol. The molecule has 0 fully saturated rings. The Balaban J connectivity index is -0.0000000267. The average molecular weight is 416 g/mol. The van der Waals surface area contributed by atoms with Gasteiger partial charge in [0.1, 0.15) is 0 Å². The normalized spacial score (nSPS) is 7.38. The molecule has 0 aliphatic rings. The molecule has 0 aromatic heterocycles. The molecule has 0 radical (unpaired) electrons. The van der Waals surface area contributed by atoms with Gasteiger partial charge in [-0.15, -0.1) is 0 Å². The molecule has 0 aromatic rings. The van der Waals surface area contributed by atoms with Crippen LogP contribution in [-0.4, -0.2) is 102 Å². The van der Waals surface area contributed by atoms with Gasteiger partial charge in [-0.05, 0) is 0 Å². The molecule has 0 spiro atoms. The van der Waals surface area contributed by atoms with E-state index in [1.54, 1.807) is 0 Å². The van der Waals surface area contributed by atoms with Crippen molar-refractivity contribution in [1.82, 2.24) is 0 Å². The van der Waals surface area contributed by atoms with Gasteiger partial charge in [-0.2, -0.15) is 0 Å². The van der Waals surface area contributed by atoms with E-state index in [-0.39, 0.29) is 71.9 Å². The molecule has 4 nitrogen and oxygen atoms in total. The van der Waals surface area contributed by atoms with Crippen molar-refractivity contribution in [2.75, 3.05) is 0 Å². The van der Waals surface area contributed by atoms with Gasteiger partial charge in [0.15, 0.2) is 0 Å². The molecular formula is H10AsNaO4Sb2. The van der Waals surface area contributed by atoms with Crippen LogP contribution in [0, 0.1) is 0 Å². The van der Waals surface area contributed by atoms with Crippen molar-refractivity contribution in [3.8, 4) is 0 Å². The van der Waals surface area contributed by atoms with Crippen LogP contribution in [0.1, 0.15) is 0 Å². The fourth-order valence-electron chi connectivity index (χ4n) is 0. The molecule has 0 rings (SSSR count). The predicted molar refractivity (Wildman–Crippen MR) is 40.1 cm³/mol. The van der Waals surface area contributed by atoms with Crippen molar-refractivity contribution in [2.24, 2.45) is 0 Å². The van der Waals surface area contributed by atoms with Crippen LogP contribution >= 0.6 is 0 Å². The average Bonchev–Trinajstić information content (AvgIpc) is 0.722. The number of hydrogen-bond acceptors (Lipinski definition) is 1. The van der Waals surface area contributed by atoms with E-state index in [1.807, 2.05) is 0 Å². The maximum atomic E-state index is 8.97. The topological polar surface area (TPSA) is 77.8 Å². The zero-order valence-corrected chi connectivity index (χ0v) is 13.2. The summed E-state index contributed by atoms with van der Waals surface area (Å²) < 4.78 is 30.8. The van der Waals surface area contributed by atoms with Crippen molar-refractivity contribution in [3.05, 3.63) is 0 Å². The predicted octanol–water partition coefficient (Wildman–Crippen LogP) is -5.19. The van der Waals surface area contributed by atoms with E-state index in [0.717, 1.165) is 0 Å². The van der Waals surface area contributed by atoms with Gasteiger partial charge >= 0.3 is 105 Å². The molecule has 0 aromatic carbocycles. The first kappa shape index (κ1) is 22.4. The van der Waals surface area contributed by atoms with Gasteiger partial charge in [0, 0.05) is 0 Å². The summed E-state index contributed by atoms with van der Waals surface area (Å²) in [5, 5.41) is 0. The molecule has 50 valence electrons. The van der Waals surface area contributed by atoms with Crippen molar-refractivity contribution < 1.29 is 13.2 Å². The first-order valence-electron chi connectivity index (χ1n) is 0.783. The van der Waals surface area contributed by atoms with E-state index in [0.29, 0.717) is 0 Å². The molecule has 0 amide bonds. The van der Waals surface area contributed by atoms with Crippen molar-refractivity contribution in [3.63, 3.8) is 0 Å². The Hall–Kier alpha value is 2.87. The molecule has 0 saturated carbocycles. The van der Waals surface area contributed by atoms with Crippen LogP contribution in [0.4, 0.5) is 0 Å². The first-order chi connectivity index (χ1) is 2.00. The fraction of sp³-hybridized carbons (Fsp3) is 0. The molecule has 0 saturated heterocycles. The zero-order chi connectivity index (χ0) is 4.50. The van der Waals surface area contributed by atoms with Gasteiger partial charge in [-0.1, -0.05) is 0 Å². The van der Waals surface area contributed by atoms with E-state index in [4.69, 9.17) is 13.2 Å². The van der Waals surface area contributed by atoms with Crippen molar-refractivity contribution >= 4 is 92.0 Å². The van der Waals surface area contributed by atoms with E-state index in [9.17, 15) is 0 Å². The minimum absolute atomic E-state index is 0. The summed E-state index contributed by atoms with van der Waals surface area (Å²) >= 11 is -5.35. The van der Waals surface area contributed by atoms with Crippen LogP contribution in [0.15, 0.2) is 0 Å². The van der Waals surface area contributed by atoms with Crippen LogP contribution < -0.4 is 0 Å². The van der Waals surface area contributed by atoms with Crippen LogP contribution in [0.3, 0.4) is 0 Å². The van der Waals surface area contributed by atoms with Gasteiger partial charge in [-0.25, -0.2) is 0 Å². The second kappa shape index (κ2) is 9.87. The number of hydrogen-bond donors (Lipinski definition) is 3. The Morgan fingerprint density at radius 1 is 1.12 bits per heavy atom. The van der Waals surface area contributed by atoms with Crippen molar-refractivity contribution in [1.29, 1.82) is 0 Å². The molecule has 3 N–H and O–H groups in total. The summed E-state index contributed by atoms with van der Waals surface area (Å²) in [6.45, 7) is 0. The Morgan fingerprint density at radius 3 is 1.12 bits per heavy atom. The summed E-state index contributed by atoms with van der Waals surface area (Å²) in [6, 6.07) is 0. The van der Waals surface area contributed by atoms with Gasteiger partial charge < -0.3 is 0 Å². The second-order valence-electron chi connectivity index (χ2n) is 0.513. The quantitative estimate of drug-likeness (QED) is 0.346. The van der Waals surface area contributed by atoms with E-state index < -0.39 is 20.1 Å². The Labute approximate surface area is 103 Å². The van der Waals surface area contributed by atoms with E-state index in [2.05, 4.69) is 0 Å². The third-order valence-corrected chi connectivity index (χ3v) is 0. The molecule has 0 heterocycles. The molecule has 1 atom stereocenters. The summed E-state index contributed by atoms with van der Waals surface area (Å²) in [7, 11) is 0. The molecule has 8 heteroatoms. The fourth-order valence-corrected chi connectivity index (χ4v) is 0. The minimum atomic E-state index is -5.35. The SMILES string of the molecule is [AsH3].[NaH].[O]=[Sb]([OH])([OH])[OH].[SbH3]. The molecule has 8 heavy (non-hydrogen) atoms. The molecule has 1 unspecified atom stereocenters. The van der Waals surface area contributed by atoms with Gasteiger partial charge in [0.2, 0.25) is 0 Å². The molecular weight excluding hydrogens is 405 g/mol.